The summed E-state index contributed by atoms with van der Waals surface area (Å²) in [6, 6.07) is 3.90. The molecule has 2 heterocycles. The van der Waals surface area contributed by atoms with Crippen LogP contribution in [0.15, 0.2) is 24.5 Å². The molecule has 1 aliphatic rings. The van der Waals surface area contributed by atoms with Crippen molar-refractivity contribution in [3.63, 3.8) is 0 Å². The molecule has 2 amide bonds. The number of aromatic nitrogens is 1. The molecule has 7 nitrogen and oxygen atoms in total. The lowest BCUT2D eigenvalue weighted by atomic mass is 10.2. The van der Waals surface area contributed by atoms with E-state index in [-0.39, 0.29) is 18.4 Å². The van der Waals surface area contributed by atoms with Gasteiger partial charge in [0.25, 0.3) is 0 Å². The molecule has 0 unspecified atom stereocenters. The highest BCUT2D eigenvalue weighted by atomic mass is 16.5. The summed E-state index contributed by atoms with van der Waals surface area (Å²) in [4.78, 5) is 34.0. The number of likely N-dealkylation sites (N-methyl/N-ethyl adjacent to an activating group) is 1. The van der Waals surface area contributed by atoms with E-state index in [0.717, 1.165) is 12.0 Å². The van der Waals surface area contributed by atoms with Gasteiger partial charge in [0.15, 0.2) is 0 Å². The first-order chi connectivity index (χ1) is 11.6. The SMILES string of the molecule is COCC(=O)N1CCCN(C(=O)CN(C)Cc2ccncc2)CC1. The van der Waals surface area contributed by atoms with Crippen molar-refractivity contribution < 1.29 is 14.3 Å². The summed E-state index contributed by atoms with van der Waals surface area (Å²) in [7, 11) is 3.45. The fraction of sp³-hybridized carbons (Fsp3) is 0.588. The number of ether oxygens (including phenoxy) is 1. The molecule has 0 spiro atoms. The average molecular weight is 334 g/mol. The van der Waals surface area contributed by atoms with Crippen LogP contribution >= 0.6 is 0 Å². The third-order valence-electron chi connectivity index (χ3n) is 4.08. The molecule has 0 bridgehead atoms. The van der Waals surface area contributed by atoms with Crippen LogP contribution in [0.1, 0.15) is 12.0 Å². The van der Waals surface area contributed by atoms with E-state index in [1.54, 1.807) is 17.3 Å². The summed E-state index contributed by atoms with van der Waals surface area (Å²) in [5, 5.41) is 0. The smallest absolute Gasteiger partial charge is 0.248 e. The lowest BCUT2D eigenvalue weighted by Crippen LogP contribution is -2.42. The van der Waals surface area contributed by atoms with E-state index >= 15 is 0 Å². The number of carbonyl (C=O) groups excluding carboxylic acids is 2. The zero-order chi connectivity index (χ0) is 17.4. The zero-order valence-corrected chi connectivity index (χ0v) is 14.5. The average Bonchev–Trinajstić information content (AvgIpc) is 2.82. The minimum absolute atomic E-state index is 0.0124. The van der Waals surface area contributed by atoms with E-state index in [0.29, 0.717) is 39.3 Å². The predicted molar refractivity (Wildman–Crippen MR) is 90.2 cm³/mol. The minimum Gasteiger partial charge on any atom is -0.375 e. The van der Waals surface area contributed by atoms with Gasteiger partial charge in [-0.2, -0.15) is 0 Å². The van der Waals surface area contributed by atoms with Gasteiger partial charge in [0, 0.05) is 52.2 Å². The van der Waals surface area contributed by atoms with E-state index in [1.807, 2.05) is 29.0 Å². The van der Waals surface area contributed by atoms with Crippen LogP contribution in [0.25, 0.3) is 0 Å². The second-order valence-corrected chi connectivity index (χ2v) is 6.08. The van der Waals surface area contributed by atoms with Gasteiger partial charge in [0.2, 0.25) is 11.8 Å². The number of nitrogens with zero attached hydrogens (tertiary/aromatic N) is 4. The van der Waals surface area contributed by atoms with E-state index in [2.05, 4.69) is 4.98 Å². The Morgan fingerprint density at radius 2 is 1.75 bits per heavy atom. The predicted octanol–water partition coefficient (Wildman–Crippen LogP) is 0.221. The third-order valence-corrected chi connectivity index (χ3v) is 4.08. The normalized spacial score (nSPS) is 15.5. The number of amides is 2. The van der Waals surface area contributed by atoms with Gasteiger partial charge in [0.1, 0.15) is 6.61 Å². The molecule has 0 atom stereocenters. The molecule has 0 saturated carbocycles. The molecular formula is C17H26N4O3. The Hall–Kier alpha value is -1.99. The molecular weight excluding hydrogens is 308 g/mol. The molecule has 2 rings (SSSR count). The Labute approximate surface area is 143 Å². The van der Waals surface area contributed by atoms with Gasteiger partial charge in [0.05, 0.1) is 6.54 Å². The maximum atomic E-state index is 12.5. The van der Waals surface area contributed by atoms with Crippen molar-refractivity contribution in [1.29, 1.82) is 0 Å². The van der Waals surface area contributed by atoms with Crippen LogP contribution in [-0.4, -0.2) is 85.0 Å². The van der Waals surface area contributed by atoms with Crippen LogP contribution in [0.4, 0.5) is 0 Å². The third kappa shape index (κ3) is 5.58. The molecule has 1 aromatic heterocycles. The number of methoxy groups -OCH3 is 1. The van der Waals surface area contributed by atoms with E-state index in [1.165, 1.54) is 7.11 Å². The van der Waals surface area contributed by atoms with E-state index in [4.69, 9.17) is 4.74 Å². The molecule has 1 saturated heterocycles. The number of rotatable bonds is 6. The fourth-order valence-corrected chi connectivity index (χ4v) is 2.82. The standard InChI is InChI=1S/C17H26N4O3/c1-19(12-15-4-6-18-7-5-15)13-16(22)20-8-3-9-21(11-10-20)17(23)14-24-2/h4-7H,3,8-14H2,1-2H3. The summed E-state index contributed by atoms with van der Waals surface area (Å²) < 4.78 is 4.90. The van der Waals surface area contributed by atoms with Crippen molar-refractivity contribution in [2.45, 2.75) is 13.0 Å². The molecule has 1 aromatic rings. The molecule has 24 heavy (non-hydrogen) atoms. The molecule has 1 aliphatic heterocycles. The Morgan fingerprint density at radius 1 is 1.12 bits per heavy atom. The summed E-state index contributed by atoms with van der Waals surface area (Å²) >= 11 is 0. The summed E-state index contributed by atoms with van der Waals surface area (Å²) in [5.74, 6) is 0.0919. The maximum Gasteiger partial charge on any atom is 0.248 e. The van der Waals surface area contributed by atoms with Crippen molar-refractivity contribution >= 4 is 11.8 Å². The first-order valence-electron chi connectivity index (χ1n) is 8.22. The Bertz CT molecular complexity index is 538. The van der Waals surface area contributed by atoms with Crippen LogP contribution in [0.3, 0.4) is 0 Å². The molecule has 132 valence electrons. The molecule has 0 radical (unpaired) electrons. The Morgan fingerprint density at radius 3 is 2.38 bits per heavy atom. The molecule has 1 fully saturated rings. The molecule has 0 N–H and O–H groups in total. The monoisotopic (exact) mass is 334 g/mol. The largest absolute Gasteiger partial charge is 0.375 e. The Balaban J connectivity index is 1.81. The Kier molecular flexibility index (Phi) is 7.14. The van der Waals surface area contributed by atoms with Gasteiger partial charge >= 0.3 is 0 Å². The number of hydrogen-bond acceptors (Lipinski definition) is 5. The highest BCUT2D eigenvalue weighted by molar-refractivity contribution is 5.79. The highest BCUT2D eigenvalue weighted by Gasteiger charge is 2.22. The quantitative estimate of drug-likeness (QED) is 0.745. The van der Waals surface area contributed by atoms with Crippen LogP contribution in [0.5, 0.6) is 0 Å². The number of pyridine rings is 1. The highest BCUT2D eigenvalue weighted by Crippen LogP contribution is 2.06. The molecule has 0 aliphatic carbocycles. The van der Waals surface area contributed by atoms with Gasteiger partial charge in [-0.1, -0.05) is 0 Å². The fourth-order valence-electron chi connectivity index (χ4n) is 2.82. The van der Waals surface area contributed by atoms with E-state index < -0.39 is 0 Å². The van der Waals surface area contributed by atoms with Crippen molar-refractivity contribution in [3.05, 3.63) is 30.1 Å². The van der Waals surface area contributed by atoms with Crippen molar-refractivity contribution in [2.24, 2.45) is 0 Å². The number of hydrogen-bond donors (Lipinski definition) is 0. The van der Waals surface area contributed by atoms with Crippen LogP contribution in [-0.2, 0) is 20.9 Å². The van der Waals surface area contributed by atoms with Gasteiger partial charge < -0.3 is 14.5 Å². The zero-order valence-electron chi connectivity index (χ0n) is 14.5. The first-order valence-corrected chi connectivity index (χ1v) is 8.22. The van der Waals surface area contributed by atoms with Crippen molar-refractivity contribution in [2.75, 3.05) is 53.5 Å². The van der Waals surface area contributed by atoms with Crippen molar-refractivity contribution in [1.82, 2.24) is 19.7 Å². The van der Waals surface area contributed by atoms with Gasteiger partial charge in [-0.3, -0.25) is 19.5 Å². The lowest BCUT2D eigenvalue weighted by Gasteiger charge is -2.24. The topological polar surface area (TPSA) is 66.0 Å². The summed E-state index contributed by atoms with van der Waals surface area (Å²) in [6.45, 7) is 3.70. The van der Waals surface area contributed by atoms with Gasteiger partial charge in [-0.25, -0.2) is 0 Å². The first kappa shape index (κ1) is 18.4. The summed E-state index contributed by atoms with van der Waals surface area (Å²) in [6.07, 6.45) is 4.31. The van der Waals surface area contributed by atoms with Gasteiger partial charge in [-0.05, 0) is 31.2 Å². The minimum atomic E-state index is -0.0124. The van der Waals surface area contributed by atoms with Crippen LogP contribution < -0.4 is 0 Å². The second-order valence-electron chi connectivity index (χ2n) is 6.08. The lowest BCUT2D eigenvalue weighted by molar-refractivity contribution is -0.136. The van der Waals surface area contributed by atoms with Gasteiger partial charge in [-0.15, -0.1) is 0 Å². The summed E-state index contributed by atoms with van der Waals surface area (Å²) in [5.41, 5.74) is 1.13. The van der Waals surface area contributed by atoms with Crippen LogP contribution in [0, 0.1) is 0 Å². The second kappa shape index (κ2) is 9.34. The van der Waals surface area contributed by atoms with E-state index in [9.17, 15) is 9.59 Å². The molecule has 7 heteroatoms. The van der Waals surface area contributed by atoms with Crippen LogP contribution in [0.2, 0.25) is 0 Å². The maximum absolute atomic E-state index is 12.5. The number of carbonyl (C=O) groups is 2. The molecule has 0 aromatic carbocycles. The van der Waals surface area contributed by atoms with Crippen molar-refractivity contribution in [3.8, 4) is 0 Å².